The van der Waals surface area contributed by atoms with Crippen LogP contribution in [0.4, 0.5) is 18.9 Å². The first-order valence-electron chi connectivity index (χ1n) is 10.6. The van der Waals surface area contributed by atoms with Crippen LogP contribution in [0.2, 0.25) is 5.02 Å². The number of nitrogens with one attached hydrogen (secondary N) is 1. The molecular weight excluding hydrogens is 521 g/mol. The number of ether oxygens (including phenoxy) is 1. The van der Waals surface area contributed by atoms with Gasteiger partial charge in [-0.15, -0.1) is 0 Å². The lowest BCUT2D eigenvalue weighted by atomic mass is 10.1. The van der Waals surface area contributed by atoms with Gasteiger partial charge in [-0.3, -0.25) is 4.72 Å². The second-order valence-electron chi connectivity index (χ2n) is 8.11. The Morgan fingerprint density at radius 2 is 1.80 bits per heavy atom. The Labute approximate surface area is 211 Å². The monoisotopic (exact) mass is 542 g/mol. The number of likely N-dealkylation sites (tertiary alicyclic amines) is 1. The molecule has 1 saturated heterocycles. The number of rotatable bonds is 7. The fraction of sp³-hybridized carbons (Fsp3) is 0.250. The molecular formula is C24H22ClF3N2O3S2. The van der Waals surface area contributed by atoms with Gasteiger partial charge in [-0.05, 0) is 62.0 Å². The highest BCUT2D eigenvalue weighted by atomic mass is 35.5. The summed E-state index contributed by atoms with van der Waals surface area (Å²) in [6, 6.07) is 16.4. The minimum atomic E-state index is -4.63. The van der Waals surface area contributed by atoms with Gasteiger partial charge in [0.1, 0.15) is 11.9 Å². The molecule has 0 aromatic heterocycles. The average molecular weight is 543 g/mol. The maximum atomic E-state index is 13.5. The highest BCUT2D eigenvalue weighted by Crippen LogP contribution is 2.39. The third-order valence-corrected chi connectivity index (χ3v) is 8.30. The van der Waals surface area contributed by atoms with Crippen LogP contribution in [-0.2, 0) is 16.2 Å². The van der Waals surface area contributed by atoms with Crippen molar-refractivity contribution in [2.45, 2.75) is 33.4 Å². The molecule has 11 heteroatoms. The lowest BCUT2D eigenvalue weighted by Crippen LogP contribution is -2.23. The molecule has 1 N–H and O–H groups in total. The number of hydrogen-bond acceptors (Lipinski definition) is 5. The summed E-state index contributed by atoms with van der Waals surface area (Å²) in [6.07, 6.45) is -4.45. The van der Waals surface area contributed by atoms with E-state index in [-0.39, 0.29) is 10.6 Å². The van der Waals surface area contributed by atoms with Crippen LogP contribution >= 0.6 is 23.4 Å². The number of halogens is 4. The van der Waals surface area contributed by atoms with Gasteiger partial charge in [0, 0.05) is 28.9 Å². The standard InChI is InChI=1S/C24H22ClF3N2O3S2/c1-30-13-12-17(15-30)33-22-14-16(6-11-20(22)24(26,27)28)29-35(31,32)19-9-7-18(8-10-19)34-23-5-3-2-4-21(23)25/h2-11,14,17,29H,12-13,15H2,1H3/t17-/m1/s1. The van der Waals surface area contributed by atoms with Gasteiger partial charge in [0.2, 0.25) is 0 Å². The zero-order valence-corrected chi connectivity index (χ0v) is 20.9. The van der Waals surface area contributed by atoms with Gasteiger partial charge in [0.25, 0.3) is 10.0 Å². The molecule has 1 fully saturated rings. The van der Waals surface area contributed by atoms with Crippen LogP contribution < -0.4 is 9.46 Å². The molecule has 0 aliphatic carbocycles. The van der Waals surface area contributed by atoms with Crippen molar-refractivity contribution < 1.29 is 26.3 Å². The molecule has 1 aliphatic rings. The van der Waals surface area contributed by atoms with Crippen LogP contribution in [0.25, 0.3) is 0 Å². The molecule has 0 saturated carbocycles. The third kappa shape index (κ3) is 6.43. The fourth-order valence-electron chi connectivity index (χ4n) is 3.64. The second kappa shape index (κ2) is 10.3. The van der Waals surface area contributed by atoms with Gasteiger partial charge in [-0.25, -0.2) is 8.42 Å². The Hall–Kier alpha value is -2.40. The first kappa shape index (κ1) is 25.7. The number of anilines is 1. The Balaban J connectivity index is 1.53. The Morgan fingerprint density at radius 3 is 2.43 bits per heavy atom. The molecule has 1 atom stereocenters. The molecule has 1 aliphatic heterocycles. The van der Waals surface area contributed by atoms with Crippen LogP contribution in [0.3, 0.4) is 0 Å². The van der Waals surface area contributed by atoms with Gasteiger partial charge in [0.15, 0.2) is 0 Å². The number of likely N-dealkylation sites (N-methyl/N-ethyl adjacent to an activating group) is 1. The Kier molecular flexibility index (Phi) is 7.56. The van der Waals surface area contributed by atoms with Crippen molar-refractivity contribution in [1.82, 2.24) is 4.90 Å². The van der Waals surface area contributed by atoms with Gasteiger partial charge < -0.3 is 9.64 Å². The van der Waals surface area contributed by atoms with Gasteiger partial charge in [0.05, 0.1) is 21.2 Å². The molecule has 0 spiro atoms. The van der Waals surface area contributed by atoms with E-state index >= 15 is 0 Å². The number of alkyl halides is 3. The van der Waals surface area contributed by atoms with Gasteiger partial charge in [-0.1, -0.05) is 35.5 Å². The van der Waals surface area contributed by atoms with Crippen molar-refractivity contribution in [2.24, 2.45) is 0 Å². The van der Waals surface area contributed by atoms with Crippen LogP contribution in [-0.4, -0.2) is 39.6 Å². The molecule has 1 heterocycles. The summed E-state index contributed by atoms with van der Waals surface area (Å²) < 4.78 is 74.3. The van der Waals surface area contributed by atoms with E-state index in [1.807, 2.05) is 30.1 Å². The van der Waals surface area contributed by atoms with E-state index < -0.39 is 33.6 Å². The van der Waals surface area contributed by atoms with Gasteiger partial charge in [-0.2, -0.15) is 13.2 Å². The van der Waals surface area contributed by atoms with Gasteiger partial charge >= 0.3 is 6.18 Å². The molecule has 0 amide bonds. The number of sulfonamides is 1. The Bertz CT molecular complexity index is 1300. The smallest absolute Gasteiger partial charge is 0.419 e. The fourth-order valence-corrected chi connectivity index (χ4v) is 5.78. The summed E-state index contributed by atoms with van der Waals surface area (Å²) in [5.41, 5.74) is -0.968. The van der Waals surface area contributed by atoms with Crippen molar-refractivity contribution in [2.75, 3.05) is 24.9 Å². The quantitative estimate of drug-likeness (QED) is 0.375. The topological polar surface area (TPSA) is 58.6 Å². The molecule has 35 heavy (non-hydrogen) atoms. The summed E-state index contributed by atoms with van der Waals surface area (Å²) in [4.78, 5) is 3.54. The summed E-state index contributed by atoms with van der Waals surface area (Å²) in [7, 11) is -2.18. The first-order valence-corrected chi connectivity index (χ1v) is 13.3. The van der Waals surface area contributed by atoms with Crippen molar-refractivity contribution in [3.05, 3.63) is 77.3 Å². The SMILES string of the molecule is CN1CC[C@@H](Oc2cc(NS(=O)(=O)c3ccc(Sc4ccccc4Cl)cc3)ccc2C(F)(F)F)C1. The third-order valence-electron chi connectivity index (χ3n) is 5.38. The predicted octanol–water partition coefficient (Wildman–Crippen LogP) is 6.39. The molecule has 5 nitrogen and oxygen atoms in total. The largest absolute Gasteiger partial charge is 0.488 e. The predicted molar refractivity (Wildman–Crippen MR) is 131 cm³/mol. The highest BCUT2D eigenvalue weighted by Gasteiger charge is 2.36. The minimum Gasteiger partial charge on any atom is -0.488 e. The van der Waals surface area contributed by atoms with E-state index in [1.165, 1.54) is 23.9 Å². The number of hydrogen-bond donors (Lipinski definition) is 1. The number of benzene rings is 3. The molecule has 4 rings (SSSR count). The van der Waals surface area contributed by atoms with Crippen molar-refractivity contribution in [3.63, 3.8) is 0 Å². The molecule has 3 aromatic carbocycles. The average Bonchev–Trinajstić information content (AvgIpc) is 3.19. The zero-order chi connectivity index (χ0) is 25.2. The number of nitrogens with zero attached hydrogens (tertiary/aromatic N) is 1. The minimum absolute atomic E-state index is 0.0196. The van der Waals surface area contributed by atoms with E-state index in [0.29, 0.717) is 24.5 Å². The zero-order valence-electron chi connectivity index (χ0n) is 18.5. The van der Waals surface area contributed by atoms with Crippen molar-refractivity contribution in [1.29, 1.82) is 0 Å². The molecule has 0 unspecified atom stereocenters. The van der Waals surface area contributed by atoms with Crippen molar-refractivity contribution in [3.8, 4) is 5.75 Å². The van der Waals surface area contributed by atoms with Crippen LogP contribution in [0.15, 0.2) is 81.4 Å². The maximum Gasteiger partial charge on any atom is 0.419 e. The molecule has 186 valence electrons. The Morgan fingerprint density at radius 1 is 1.09 bits per heavy atom. The highest BCUT2D eigenvalue weighted by molar-refractivity contribution is 7.99. The summed E-state index contributed by atoms with van der Waals surface area (Å²) in [5.74, 6) is -0.399. The van der Waals surface area contributed by atoms with Crippen LogP contribution in [0, 0.1) is 0 Å². The second-order valence-corrected chi connectivity index (χ2v) is 11.3. The van der Waals surface area contributed by atoms with E-state index in [0.717, 1.165) is 28.0 Å². The van der Waals surface area contributed by atoms with E-state index in [2.05, 4.69) is 4.72 Å². The maximum absolute atomic E-state index is 13.5. The lowest BCUT2D eigenvalue weighted by molar-refractivity contribution is -0.139. The van der Waals surface area contributed by atoms with Crippen LogP contribution in [0.5, 0.6) is 5.75 Å². The summed E-state index contributed by atoms with van der Waals surface area (Å²) in [6.45, 7) is 1.20. The normalized spacial score (nSPS) is 16.9. The molecule has 0 bridgehead atoms. The van der Waals surface area contributed by atoms with Crippen molar-refractivity contribution >= 4 is 39.1 Å². The summed E-state index contributed by atoms with van der Waals surface area (Å²) in [5, 5.41) is 0.584. The summed E-state index contributed by atoms with van der Waals surface area (Å²) >= 11 is 7.56. The van der Waals surface area contributed by atoms with E-state index in [9.17, 15) is 21.6 Å². The van der Waals surface area contributed by atoms with E-state index in [1.54, 1.807) is 18.2 Å². The van der Waals surface area contributed by atoms with Crippen LogP contribution in [0.1, 0.15) is 12.0 Å². The molecule has 3 aromatic rings. The first-order chi connectivity index (χ1) is 16.5. The molecule has 0 radical (unpaired) electrons. The van der Waals surface area contributed by atoms with E-state index in [4.69, 9.17) is 16.3 Å². The lowest BCUT2D eigenvalue weighted by Gasteiger charge is -2.19.